The van der Waals surface area contributed by atoms with Crippen molar-refractivity contribution in [3.63, 3.8) is 0 Å². The molecule has 2 atom stereocenters. The van der Waals surface area contributed by atoms with Crippen LogP contribution in [-0.2, 0) is 4.74 Å². The Morgan fingerprint density at radius 1 is 0.833 bits per heavy atom. The quantitative estimate of drug-likeness (QED) is 0.386. The van der Waals surface area contributed by atoms with Crippen molar-refractivity contribution in [2.45, 2.75) is 56.8 Å². The summed E-state index contributed by atoms with van der Waals surface area (Å²) in [6, 6.07) is 11.5. The number of urea groups is 1. The molecule has 4 aliphatic rings. The van der Waals surface area contributed by atoms with Crippen LogP contribution in [0.5, 0.6) is 0 Å². The Kier molecular flexibility index (Phi) is 7.82. The first kappa shape index (κ1) is 27.0. The number of anilines is 4. The summed E-state index contributed by atoms with van der Waals surface area (Å²) in [7, 11) is 0. The monoisotopic (exact) mass is 570 g/mol. The number of carbonyl (C=O) groups is 1. The predicted octanol–water partition coefficient (Wildman–Crippen LogP) is 3.83. The number of ether oxygens (including phenoxy) is 1. The third-order valence-electron chi connectivity index (χ3n) is 8.68. The van der Waals surface area contributed by atoms with E-state index in [2.05, 4.69) is 35.9 Å². The van der Waals surface area contributed by atoms with Gasteiger partial charge in [0.2, 0.25) is 11.9 Å². The maximum absolute atomic E-state index is 12.4. The van der Waals surface area contributed by atoms with E-state index in [1.165, 1.54) is 25.7 Å². The molecule has 0 spiro atoms. The van der Waals surface area contributed by atoms with E-state index >= 15 is 0 Å². The van der Waals surface area contributed by atoms with E-state index in [9.17, 15) is 4.79 Å². The SMILES string of the molecule is O=C(Nc1ccc(-c2nc(NN3CCN(C4CCCC4)CC3)nc(N3CC4CCC(C3)O4)n2)cc1)Nc1cccnc1. The minimum absolute atomic E-state index is 0.229. The highest BCUT2D eigenvalue weighted by Crippen LogP contribution is 2.30. The fourth-order valence-corrected chi connectivity index (χ4v) is 6.51. The van der Waals surface area contributed by atoms with Gasteiger partial charge in [-0.1, -0.05) is 12.8 Å². The highest BCUT2D eigenvalue weighted by molar-refractivity contribution is 5.99. The van der Waals surface area contributed by atoms with E-state index in [-0.39, 0.29) is 18.2 Å². The summed E-state index contributed by atoms with van der Waals surface area (Å²) in [4.78, 5) is 35.9. The molecule has 1 aliphatic carbocycles. The van der Waals surface area contributed by atoms with Crippen LogP contribution in [0, 0.1) is 0 Å². The fourth-order valence-electron chi connectivity index (χ4n) is 6.51. The number of hydrogen-bond acceptors (Lipinski definition) is 10. The van der Waals surface area contributed by atoms with Gasteiger partial charge in [-0.3, -0.25) is 15.3 Å². The molecule has 7 rings (SSSR count). The summed E-state index contributed by atoms with van der Waals surface area (Å²) in [5.74, 6) is 1.82. The van der Waals surface area contributed by atoms with Gasteiger partial charge < -0.3 is 20.3 Å². The average molecular weight is 571 g/mol. The zero-order valence-electron chi connectivity index (χ0n) is 23.8. The van der Waals surface area contributed by atoms with Gasteiger partial charge >= 0.3 is 6.03 Å². The summed E-state index contributed by atoms with van der Waals surface area (Å²) in [6.07, 6.45) is 11.3. The highest BCUT2D eigenvalue weighted by Gasteiger charge is 2.35. The molecule has 12 heteroatoms. The lowest BCUT2D eigenvalue weighted by Crippen LogP contribution is -2.51. The third-order valence-corrected chi connectivity index (χ3v) is 8.68. The van der Waals surface area contributed by atoms with Crippen molar-refractivity contribution < 1.29 is 9.53 Å². The van der Waals surface area contributed by atoms with Gasteiger partial charge in [0.15, 0.2) is 5.82 Å². The minimum Gasteiger partial charge on any atom is -0.371 e. The van der Waals surface area contributed by atoms with Crippen LogP contribution in [-0.4, -0.2) is 93.4 Å². The van der Waals surface area contributed by atoms with E-state index in [1.54, 1.807) is 24.5 Å². The molecule has 1 saturated carbocycles. The van der Waals surface area contributed by atoms with Gasteiger partial charge in [-0.25, -0.2) is 9.80 Å². The molecule has 1 aromatic carbocycles. The number of piperazine rings is 1. The molecule has 220 valence electrons. The van der Waals surface area contributed by atoms with E-state index in [4.69, 9.17) is 19.7 Å². The Morgan fingerprint density at radius 3 is 2.29 bits per heavy atom. The number of morpholine rings is 1. The highest BCUT2D eigenvalue weighted by atomic mass is 16.5. The maximum atomic E-state index is 12.4. The van der Waals surface area contributed by atoms with Crippen molar-refractivity contribution >= 4 is 29.3 Å². The van der Waals surface area contributed by atoms with Crippen molar-refractivity contribution in [1.29, 1.82) is 0 Å². The van der Waals surface area contributed by atoms with Crippen LogP contribution in [0.15, 0.2) is 48.8 Å². The largest absolute Gasteiger partial charge is 0.371 e. The molecule has 4 fully saturated rings. The molecule has 2 unspecified atom stereocenters. The van der Waals surface area contributed by atoms with Crippen molar-refractivity contribution in [1.82, 2.24) is 29.8 Å². The number of pyridine rings is 1. The Morgan fingerprint density at radius 2 is 1.57 bits per heavy atom. The van der Waals surface area contributed by atoms with Crippen LogP contribution >= 0.6 is 0 Å². The first-order valence-electron chi connectivity index (χ1n) is 15.2. The number of nitrogens with one attached hydrogen (secondary N) is 3. The van der Waals surface area contributed by atoms with Crippen LogP contribution in [0.3, 0.4) is 0 Å². The number of amides is 2. The van der Waals surface area contributed by atoms with Crippen LogP contribution in [0.1, 0.15) is 38.5 Å². The lowest BCUT2D eigenvalue weighted by atomic mass is 10.2. The topological polar surface area (TPSA) is 124 Å². The van der Waals surface area contributed by atoms with Crippen molar-refractivity contribution in [3.05, 3.63) is 48.8 Å². The summed E-state index contributed by atoms with van der Waals surface area (Å²) < 4.78 is 6.07. The van der Waals surface area contributed by atoms with Crippen LogP contribution in [0.25, 0.3) is 11.4 Å². The van der Waals surface area contributed by atoms with Gasteiger partial charge in [-0.05, 0) is 62.1 Å². The van der Waals surface area contributed by atoms with Gasteiger partial charge in [0, 0.05) is 62.8 Å². The Balaban J connectivity index is 1.07. The number of fused-ring (bicyclic) bond motifs is 2. The summed E-state index contributed by atoms with van der Waals surface area (Å²) in [5.41, 5.74) is 5.64. The number of benzene rings is 1. The van der Waals surface area contributed by atoms with E-state index in [0.29, 0.717) is 29.1 Å². The van der Waals surface area contributed by atoms with Gasteiger partial charge in [-0.15, -0.1) is 0 Å². The molecule has 3 aliphatic heterocycles. The predicted molar refractivity (Wildman–Crippen MR) is 161 cm³/mol. The summed E-state index contributed by atoms with van der Waals surface area (Å²) >= 11 is 0. The lowest BCUT2D eigenvalue weighted by Gasteiger charge is -2.38. The molecule has 42 heavy (non-hydrogen) atoms. The standard InChI is InChI=1S/C30H38N10O2/c41-30(33-23-4-3-13-31-18-23)32-22-9-7-21(8-10-22)27-34-28(36-29(35-27)39-19-25-11-12-26(20-39)42-25)37-40-16-14-38(15-17-40)24-5-1-2-6-24/h3-4,7-10,13,18,24-26H,1-2,5-6,11-12,14-17,19-20H2,(H2,32,33,41)(H,34,35,36,37). The molecule has 2 aromatic heterocycles. The van der Waals surface area contributed by atoms with Crippen molar-refractivity contribution in [3.8, 4) is 11.4 Å². The first-order valence-corrected chi connectivity index (χ1v) is 15.2. The van der Waals surface area contributed by atoms with E-state index < -0.39 is 0 Å². The molecule has 3 saturated heterocycles. The van der Waals surface area contributed by atoms with E-state index in [1.807, 2.05) is 24.3 Å². The van der Waals surface area contributed by atoms with Crippen LogP contribution < -0.4 is 21.0 Å². The molecular weight excluding hydrogens is 532 g/mol. The molecule has 5 heterocycles. The number of hydrazine groups is 1. The van der Waals surface area contributed by atoms with Gasteiger partial charge in [-0.2, -0.15) is 15.0 Å². The number of rotatable bonds is 7. The summed E-state index contributed by atoms with van der Waals surface area (Å²) in [5, 5.41) is 7.87. The van der Waals surface area contributed by atoms with Crippen molar-refractivity contribution in [2.24, 2.45) is 0 Å². The van der Waals surface area contributed by atoms with Gasteiger partial charge in [0.1, 0.15) is 0 Å². The van der Waals surface area contributed by atoms with E-state index in [0.717, 1.165) is 63.7 Å². The lowest BCUT2D eigenvalue weighted by molar-refractivity contribution is 0.0299. The number of aromatic nitrogens is 4. The number of hydrogen-bond donors (Lipinski definition) is 3. The average Bonchev–Trinajstić information content (AvgIpc) is 3.68. The molecule has 2 amide bonds. The molecule has 12 nitrogen and oxygen atoms in total. The first-order chi connectivity index (χ1) is 20.6. The smallest absolute Gasteiger partial charge is 0.323 e. The fraction of sp³-hybridized carbons (Fsp3) is 0.500. The molecular formula is C30H38N10O2. The molecule has 3 aromatic rings. The Labute approximate surface area is 245 Å². The van der Waals surface area contributed by atoms with Crippen LogP contribution in [0.2, 0.25) is 0 Å². The normalized spacial score (nSPS) is 23.2. The number of nitrogens with zero attached hydrogens (tertiary/aromatic N) is 7. The zero-order chi connectivity index (χ0) is 28.3. The molecule has 0 radical (unpaired) electrons. The third kappa shape index (κ3) is 6.30. The minimum atomic E-state index is -0.334. The Hall–Kier alpha value is -3.87. The van der Waals surface area contributed by atoms with Crippen LogP contribution in [0.4, 0.5) is 28.1 Å². The number of carbonyl (C=O) groups excluding carboxylic acids is 1. The zero-order valence-corrected chi connectivity index (χ0v) is 23.8. The second kappa shape index (κ2) is 12.2. The second-order valence-corrected chi connectivity index (χ2v) is 11.6. The van der Waals surface area contributed by atoms with Gasteiger partial charge in [0.05, 0.1) is 24.1 Å². The molecule has 2 bridgehead atoms. The van der Waals surface area contributed by atoms with Gasteiger partial charge in [0.25, 0.3) is 0 Å². The Bertz CT molecular complexity index is 1350. The van der Waals surface area contributed by atoms with Crippen molar-refractivity contribution in [2.75, 3.05) is 60.2 Å². The maximum Gasteiger partial charge on any atom is 0.323 e. The second-order valence-electron chi connectivity index (χ2n) is 11.6. The molecule has 3 N–H and O–H groups in total. The summed E-state index contributed by atoms with van der Waals surface area (Å²) in [6.45, 7) is 5.53.